The van der Waals surface area contributed by atoms with E-state index in [0.29, 0.717) is 36.2 Å². The number of piperidine rings is 1. The van der Waals surface area contributed by atoms with Crippen molar-refractivity contribution in [3.8, 4) is 0 Å². The highest BCUT2D eigenvalue weighted by Gasteiger charge is 2.31. The highest BCUT2D eigenvalue weighted by Crippen LogP contribution is 2.27. The van der Waals surface area contributed by atoms with Gasteiger partial charge in [0.1, 0.15) is 5.69 Å². The van der Waals surface area contributed by atoms with Crippen LogP contribution in [0.25, 0.3) is 0 Å². The number of nitrogens with zero attached hydrogens (tertiary/aromatic N) is 2. The Bertz CT molecular complexity index is 1140. The van der Waals surface area contributed by atoms with Crippen LogP contribution in [0, 0.1) is 11.8 Å². The van der Waals surface area contributed by atoms with Gasteiger partial charge in [-0.05, 0) is 55.5 Å². The second-order valence-corrected chi connectivity index (χ2v) is 10.6. The van der Waals surface area contributed by atoms with Crippen LogP contribution in [0.3, 0.4) is 0 Å². The Morgan fingerprint density at radius 2 is 1.70 bits per heavy atom. The highest BCUT2D eigenvalue weighted by atomic mass is 32.2. The lowest BCUT2D eigenvalue weighted by Crippen LogP contribution is -2.42. The molecule has 0 bridgehead atoms. The second kappa shape index (κ2) is 9.88. The molecule has 3 rings (SSSR count). The molecule has 0 saturated carbocycles. The molecule has 1 aliphatic rings. The van der Waals surface area contributed by atoms with Crippen LogP contribution < -0.4 is 5.32 Å². The van der Waals surface area contributed by atoms with Crippen molar-refractivity contribution in [1.82, 2.24) is 8.87 Å². The molecule has 0 radical (unpaired) electrons. The van der Waals surface area contributed by atoms with E-state index < -0.39 is 28.5 Å². The van der Waals surface area contributed by atoms with Crippen molar-refractivity contribution in [3.63, 3.8) is 0 Å². The molecular formula is C23H29N3O6S. The standard InChI is InChI=1S/C23H29N3O6S/c1-15-9-16(2)12-26(11-15)33(30,31)20-7-5-19(6-8-20)24-22(28)14-32-23(29)21-10-18(17(3)27)13-25(21)4/h5-8,10,13,15-16H,9,11-12,14H2,1-4H3,(H,24,28). The maximum atomic E-state index is 13.0. The molecule has 1 saturated heterocycles. The third kappa shape index (κ3) is 5.88. The summed E-state index contributed by atoms with van der Waals surface area (Å²) in [4.78, 5) is 36.0. The van der Waals surface area contributed by atoms with Gasteiger partial charge in [0.25, 0.3) is 5.91 Å². The molecule has 2 unspecified atom stereocenters. The Balaban J connectivity index is 1.58. The third-order valence-corrected chi connectivity index (χ3v) is 7.41. The van der Waals surface area contributed by atoms with Gasteiger partial charge in [-0.25, -0.2) is 13.2 Å². The first-order valence-electron chi connectivity index (χ1n) is 10.7. The summed E-state index contributed by atoms with van der Waals surface area (Å²) < 4.78 is 33.9. The van der Waals surface area contributed by atoms with Gasteiger partial charge < -0.3 is 14.6 Å². The number of carbonyl (C=O) groups is 3. The molecule has 1 amide bonds. The molecule has 10 heteroatoms. The number of ketones is 1. The van der Waals surface area contributed by atoms with Gasteiger partial charge in [0, 0.05) is 37.6 Å². The van der Waals surface area contributed by atoms with Gasteiger partial charge in [-0.1, -0.05) is 13.8 Å². The summed E-state index contributed by atoms with van der Waals surface area (Å²) >= 11 is 0. The van der Waals surface area contributed by atoms with Gasteiger partial charge in [-0.3, -0.25) is 9.59 Å². The van der Waals surface area contributed by atoms with Crippen molar-refractivity contribution in [2.75, 3.05) is 25.0 Å². The van der Waals surface area contributed by atoms with Gasteiger partial charge in [-0.15, -0.1) is 0 Å². The van der Waals surface area contributed by atoms with Crippen molar-refractivity contribution in [3.05, 3.63) is 47.8 Å². The minimum absolute atomic E-state index is 0.156. The van der Waals surface area contributed by atoms with Gasteiger partial charge in [0.15, 0.2) is 12.4 Å². The Morgan fingerprint density at radius 1 is 1.09 bits per heavy atom. The summed E-state index contributed by atoms with van der Waals surface area (Å²) in [5.74, 6) is -0.883. The van der Waals surface area contributed by atoms with Gasteiger partial charge in [0.2, 0.25) is 10.0 Å². The van der Waals surface area contributed by atoms with Crippen LogP contribution in [0.1, 0.15) is 48.0 Å². The van der Waals surface area contributed by atoms with E-state index in [1.54, 1.807) is 7.05 Å². The Kier molecular flexibility index (Phi) is 7.38. The molecule has 33 heavy (non-hydrogen) atoms. The molecule has 9 nitrogen and oxygen atoms in total. The highest BCUT2D eigenvalue weighted by molar-refractivity contribution is 7.89. The number of benzene rings is 1. The lowest BCUT2D eigenvalue weighted by atomic mass is 9.94. The number of anilines is 1. The maximum Gasteiger partial charge on any atom is 0.355 e. The Morgan fingerprint density at radius 3 is 2.24 bits per heavy atom. The third-order valence-electron chi connectivity index (χ3n) is 5.57. The molecular weight excluding hydrogens is 446 g/mol. The molecule has 1 aromatic heterocycles. The fraction of sp³-hybridized carbons (Fsp3) is 0.435. The van der Waals surface area contributed by atoms with E-state index >= 15 is 0 Å². The minimum atomic E-state index is -3.61. The molecule has 0 spiro atoms. The summed E-state index contributed by atoms with van der Waals surface area (Å²) in [6.07, 6.45) is 2.52. The normalized spacial score (nSPS) is 19.2. The van der Waals surface area contributed by atoms with Crippen molar-refractivity contribution in [2.24, 2.45) is 18.9 Å². The summed E-state index contributed by atoms with van der Waals surface area (Å²) in [7, 11) is -2.01. The predicted octanol–water partition coefficient (Wildman–Crippen LogP) is 2.69. The zero-order valence-electron chi connectivity index (χ0n) is 19.2. The molecule has 0 aliphatic carbocycles. The molecule has 1 aliphatic heterocycles. The largest absolute Gasteiger partial charge is 0.451 e. The predicted molar refractivity (Wildman–Crippen MR) is 122 cm³/mol. The van der Waals surface area contributed by atoms with Crippen LogP contribution in [0.5, 0.6) is 0 Å². The molecule has 2 heterocycles. The molecule has 2 aromatic rings. The first-order chi connectivity index (χ1) is 15.5. The summed E-state index contributed by atoms with van der Waals surface area (Å²) in [5.41, 5.74) is 0.912. The molecule has 1 fully saturated rings. The number of aromatic nitrogens is 1. The lowest BCUT2D eigenvalue weighted by Gasteiger charge is -2.34. The number of Topliss-reactive ketones (excluding diaryl/α,β-unsaturated/α-hetero) is 1. The van der Waals surface area contributed by atoms with E-state index in [-0.39, 0.29) is 16.4 Å². The number of carbonyl (C=O) groups excluding carboxylic acids is 3. The second-order valence-electron chi connectivity index (χ2n) is 8.70. The topological polar surface area (TPSA) is 115 Å². The van der Waals surface area contributed by atoms with Crippen LogP contribution >= 0.6 is 0 Å². The van der Waals surface area contributed by atoms with Crippen LogP contribution in [-0.4, -0.2) is 54.6 Å². The number of ether oxygens (including phenoxy) is 1. The molecule has 2 atom stereocenters. The smallest absolute Gasteiger partial charge is 0.355 e. The number of sulfonamides is 1. The number of hydrogen-bond donors (Lipinski definition) is 1. The lowest BCUT2D eigenvalue weighted by molar-refractivity contribution is -0.119. The number of aryl methyl sites for hydroxylation is 1. The zero-order valence-corrected chi connectivity index (χ0v) is 20.0. The summed E-state index contributed by atoms with van der Waals surface area (Å²) in [6, 6.07) is 7.31. The van der Waals surface area contributed by atoms with Gasteiger partial charge >= 0.3 is 5.97 Å². The van der Waals surface area contributed by atoms with Crippen molar-refractivity contribution in [2.45, 2.75) is 32.1 Å². The monoisotopic (exact) mass is 475 g/mol. The molecule has 1 aromatic carbocycles. The van der Waals surface area contributed by atoms with E-state index in [0.717, 1.165) is 6.42 Å². The fourth-order valence-electron chi connectivity index (χ4n) is 4.02. The number of esters is 1. The summed E-state index contributed by atoms with van der Waals surface area (Å²) in [6.45, 7) is 5.94. The van der Waals surface area contributed by atoms with Gasteiger partial charge in [-0.2, -0.15) is 4.31 Å². The van der Waals surface area contributed by atoms with E-state index in [2.05, 4.69) is 5.32 Å². The van der Waals surface area contributed by atoms with Crippen molar-refractivity contribution < 1.29 is 27.5 Å². The number of hydrogen-bond acceptors (Lipinski definition) is 6. The average molecular weight is 476 g/mol. The summed E-state index contributed by atoms with van der Waals surface area (Å²) in [5, 5.41) is 2.57. The molecule has 1 N–H and O–H groups in total. The van der Waals surface area contributed by atoms with Crippen LogP contribution in [0.2, 0.25) is 0 Å². The zero-order chi connectivity index (χ0) is 24.3. The SMILES string of the molecule is CC(=O)c1cc(C(=O)OCC(=O)Nc2ccc(S(=O)(=O)N3CC(C)CC(C)C3)cc2)n(C)c1. The first-order valence-corrected chi connectivity index (χ1v) is 12.2. The van der Waals surface area contributed by atoms with Crippen LogP contribution in [-0.2, 0) is 26.6 Å². The van der Waals surface area contributed by atoms with E-state index in [1.165, 1.54) is 52.3 Å². The van der Waals surface area contributed by atoms with Gasteiger partial charge in [0.05, 0.1) is 4.90 Å². The van der Waals surface area contributed by atoms with E-state index in [4.69, 9.17) is 4.74 Å². The van der Waals surface area contributed by atoms with Crippen LogP contribution in [0.4, 0.5) is 5.69 Å². The number of rotatable bonds is 7. The fourth-order valence-corrected chi connectivity index (χ4v) is 5.70. The average Bonchev–Trinajstić information content (AvgIpc) is 3.14. The van der Waals surface area contributed by atoms with Crippen LogP contribution in [0.15, 0.2) is 41.4 Å². The number of amides is 1. The number of nitrogens with one attached hydrogen (secondary N) is 1. The Labute approximate surface area is 193 Å². The maximum absolute atomic E-state index is 13.0. The minimum Gasteiger partial charge on any atom is -0.451 e. The van der Waals surface area contributed by atoms with Crippen molar-refractivity contribution >= 4 is 33.4 Å². The van der Waals surface area contributed by atoms with E-state index in [9.17, 15) is 22.8 Å². The van der Waals surface area contributed by atoms with E-state index in [1.807, 2.05) is 13.8 Å². The first kappa shape index (κ1) is 24.7. The van der Waals surface area contributed by atoms with Crippen molar-refractivity contribution in [1.29, 1.82) is 0 Å². The quantitative estimate of drug-likeness (QED) is 0.486. The Hall–Kier alpha value is -2.98. The molecule has 178 valence electrons.